The summed E-state index contributed by atoms with van der Waals surface area (Å²) < 4.78 is 0. The largest absolute Gasteiger partial charge is 0.339 e. The van der Waals surface area contributed by atoms with Gasteiger partial charge in [0.15, 0.2) is 11.5 Å². The van der Waals surface area contributed by atoms with Crippen molar-refractivity contribution in [2.75, 3.05) is 0 Å². The molecule has 0 amide bonds. The van der Waals surface area contributed by atoms with Gasteiger partial charge < -0.3 is 4.98 Å². The third kappa shape index (κ3) is 3.34. The molecule has 20 heavy (non-hydrogen) atoms. The molecule has 0 radical (unpaired) electrons. The molecule has 0 atom stereocenters. The van der Waals surface area contributed by atoms with Crippen LogP contribution in [0.5, 0.6) is 0 Å². The maximum Gasteiger partial charge on any atom is 0.215 e. The molecule has 0 aliphatic heterocycles. The van der Waals surface area contributed by atoms with E-state index in [1.807, 2.05) is 19.9 Å². The zero-order valence-electron chi connectivity index (χ0n) is 11.2. The van der Waals surface area contributed by atoms with Crippen LogP contribution < -0.4 is 5.43 Å². The molecule has 1 heterocycles. The van der Waals surface area contributed by atoms with Gasteiger partial charge in [0.1, 0.15) is 0 Å². The zero-order valence-corrected chi connectivity index (χ0v) is 11.2. The molecule has 2 rings (SSSR count). The van der Waals surface area contributed by atoms with Crippen LogP contribution in [0.1, 0.15) is 22.6 Å². The van der Waals surface area contributed by atoms with Crippen molar-refractivity contribution in [3.05, 3.63) is 47.0 Å². The van der Waals surface area contributed by atoms with Gasteiger partial charge in [-0.2, -0.15) is 10.7 Å². The van der Waals surface area contributed by atoms with Crippen LogP contribution in [0.3, 0.4) is 0 Å². The Hall–Kier alpha value is -2.85. The fourth-order valence-corrected chi connectivity index (χ4v) is 1.69. The number of hydrogen-bond acceptors (Lipinski definition) is 4. The minimum Gasteiger partial charge on any atom is -0.339 e. The Morgan fingerprint density at radius 3 is 2.85 bits per heavy atom. The van der Waals surface area contributed by atoms with Crippen molar-refractivity contribution in [2.24, 2.45) is 10.3 Å². The Bertz CT molecular complexity index is 706. The molecular weight excluding hydrogens is 254 g/mol. The second-order valence-corrected chi connectivity index (χ2v) is 4.35. The molecule has 0 aliphatic carbocycles. The van der Waals surface area contributed by atoms with E-state index in [2.05, 4.69) is 26.4 Å². The van der Waals surface area contributed by atoms with Crippen molar-refractivity contribution in [2.45, 2.75) is 13.8 Å². The SMILES string of the molecule is Cc1cc(C#N)cc([NH2+]N=NC(=N)c2ncc(C)[nH]2)c1. The van der Waals surface area contributed by atoms with E-state index in [4.69, 9.17) is 10.7 Å². The monoisotopic (exact) mass is 268 g/mol. The molecule has 0 unspecified atom stereocenters. The molecule has 100 valence electrons. The summed E-state index contributed by atoms with van der Waals surface area (Å²) in [7, 11) is 0. The van der Waals surface area contributed by atoms with E-state index >= 15 is 0 Å². The van der Waals surface area contributed by atoms with E-state index in [-0.39, 0.29) is 5.84 Å². The summed E-state index contributed by atoms with van der Waals surface area (Å²) in [4.78, 5) is 6.90. The number of nitrogens with zero attached hydrogens (tertiary/aromatic N) is 4. The molecule has 0 saturated heterocycles. The molecule has 4 N–H and O–H groups in total. The lowest BCUT2D eigenvalue weighted by Gasteiger charge is -1.96. The number of nitriles is 1. The number of rotatable bonds is 3. The minimum atomic E-state index is -0.0393. The summed E-state index contributed by atoms with van der Waals surface area (Å²) >= 11 is 0. The third-order valence-corrected chi connectivity index (χ3v) is 2.52. The highest BCUT2D eigenvalue weighted by Crippen LogP contribution is 2.09. The van der Waals surface area contributed by atoms with Crippen LogP contribution in [-0.4, -0.2) is 15.8 Å². The molecule has 1 aromatic carbocycles. The van der Waals surface area contributed by atoms with Gasteiger partial charge in [0.2, 0.25) is 5.84 Å². The first-order chi connectivity index (χ1) is 9.58. The molecule has 1 aromatic heterocycles. The highest BCUT2D eigenvalue weighted by Gasteiger charge is 2.05. The van der Waals surface area contributed by atoms with Crippen molar-refractivity contribution in [3.63, 3.8) is 0 Å². The topological polar surface area (TPSA) is 118 Å². The maximum atomic E-state index is 8.89. The molecule has 0 bridgehead atoms. The lowest BCUT2D eigenvalue weighted by atomic mass is 10.1. The normalized spacial score (nSPS) is 10.7. The number of nitrogens with one attached hydrogen (secondary N) is 2. The van der Waals surface area contributed by atoms with Gasteiger partial charge in [0, 0.05) is 29.2 Å². The van der Waals surface area contributed by atoms with Gasteiger partial charge in [-0.3, -0.25) is 5.41 Å². The third-order valence-electron chi connectivity index (χ3n) is 2.52. The van der Waals surface area contributed by atoms with Crippen molar-refractivity contribution < 1.29 is 5.43 Å². The number of hydrogen-bond donors (Lipinski definition) is 3. The smallest absolute Gasteiger partial charge is 0.215 e. The second-order valence-electron chi connectivity index (χ2n) is 4.35. The predicted molar refractivity (Wildman–Crippen MR) is 72.5 cm³/mol. The quantitative estimate of drug-likeness (QED) is 0.195. The van der Waals surface area contributed by atoms with Gasteiger partial charge in [-0.05, 0) is 25.5 Å². The lowest BCUT2D eigenvalue weighted by Crippen LogP contribution is -2.70. The fraction of sp³-hybridized carbons (Fsp3) is 0.154. The van der Waals surface area contributed by atoms with Crippen molar-refractivity contribution in [1.29, 1.82) is 10.7 Å². The van der Waals surface area contributed by atoms with Gasteiger partial charge in [0.25, 0.3) is 0 Å². The van der Waals surface area contributed by atoms with Gasteiger partial charge in [-0.1, -0.05) is 5.11 Å². The van der Waals surface area contributed by atoms with Crippen molar-refractivity contribution >= 4 is 11.5 Å². The Kier molecular flexibility index (Phi) is 3.98. The maximum absolute atomic E-state index is 8.89. The fourth-order valence-electron chi connectivity index (χ4n) is 1.69. The number of aryl methyl sites for hydroxylation is 2. The van der Waals surface area contributed by atoms with E-state index < -0.39 is 0 Å². The van der Waals surface area contributed by atoms with E-state index in [0.717, 1.165) is 16.9 Å². The summed E-state index contributed by atoms with van der Waals surface area (Å²) in [5, 5.41) is 24.2. The summed E-state index contributed by atoms with van der Waals surface area (Å²) in [5.74, 6) is 0.337. The summed E-state index contributed by atoms with van der Waals surface area (Å²) in [6.45, 7) is 3.76. The number of imidazole rings is 1. The van der Waals surface area contributed by atoms with Crippen LogP contribution in [-0.2, 0) is 0 Å². The average Bonchev–Trinajstić information content (AvgIpc) is 2.84. The number of H-pyrrole nitrogens is 1. The van der Waals surface area contributed by atoms with Gasteiger partial charge in [-0.25, -0.2) is 4.98 Å². The van der Waals surface area contributed by atoms with E-state index in [0.29, 0.717) is 11.4 Å². The van der Waals surface area contributed by atoms with Crippen molar-refractivity contribution in [3.8, 4) is 6.07 Å². The predicted octanol–water partition coefficient (Wildman–Crippen LogP) is 1.49. The number of benzene rings is 1. The summed E-state index contributed by atoms with van der Waals surface area (Å²) in [6, 6.07) is 7.48. The Morgan fingerprint density at radius 2 is 2.20 bits per heavy atom. The first-order valence-corrected chi connectivity index (χ1v) is 5.95. The van der Waals surface area contributed by atoms with E-state index in [1.165, 1.54) is 5.43 Å². The number of nitrogens with two attached hydrogens (primary N) is 1. The van der Waals surface area contributed by atoms with Gasteiger partial charge >= 0.3 is 0 Å². The van der Waals surface area contributed by atoms with Gasteiger partial charge in [0.05, 0.1) is 11.6 Å². The number of aromatic amines is 1. The first-order valence-electron chi connectivity index (χ1n) is 5.95. The molecule has 0 aliphatic rings. The number of quaternary nitrogens is 1. The number of amidine groups is 1. The van der Waals surface area contributed by atoms with Crippen LogP contribution >= 0.6 is 0 Å². The highest BCUT2D eigenvalue weighted by molar-refractivity contribution is 5.93. The van der Waals surface area contributed by atoms with E-state index in [1.54, 1.807) is 18.3 Å². The molecule has 0 saturated carbocycles. The molecule has 7 nitrogen and oxygen atoms in total. The minimum absolute atomic E-state index is 0.0393. The highest BCUT2D eigenvalue weighted by atomic mass is 15.4. The standard InChI is InChI=1S/C13H13N7/c1-8-3-10(6-14)5-11(4-8)18-20-19-12(15)13-16-7-9(2)17-13/h3-5,7H,1-2H3,(H,16,17)(H2,15,18,19)/p+1. The second kappa shape index (κ2) is 5.86. The van der Waals surface area contributed by atoms with Crippen LogP contribution in [0.25, 0.3) is 0 Å². The summed E-state index contributed by atoms with van der Waals surface area (Å²) in [6.07, 6.45) is 1.63. The molecule has 0 spiro atoms. The van der Waals surface area contributed by atoms with Crippen LogP contribution in [0.2, 0.25) is 0 Å². The molecular formula is C13H14N7+. The van der Waals surface area contributed by atoms with Crippen LogP contribution in [0.15, 0.2) is 34.7 Å². The van der Waals surface area contributed by atoms with Crippen molar-refractivity contribution in [1.82, 2.24) is 9.97 Å². The lowest BCUT2D eigenvalue weighted by molar-refractivity contribution is -0.585. The van der Waals surface area contributed by atoms with Crippen LogP contribution in [0, 0.1) is 30.6 Å². The average molecular weight is 268 g/mol. The molecule has 7 heteroatoms. The Morgan fingerprint density at radius 1 is 1.40 bits per heavy atom. The summed E-state index contributed by atoms with van der Waals surface area (Å²) in [5.41, 5.74) is 4.69. The Balaban J connectivity index is 2.05. The number of aromatic nitrogens is 2. The first kappa shape index (κ1) is 13.6. The zero-order chi connectivity index (χ0) is 14.5. The van der Waals surface area contributed by atoms with Gasteiger partial charge in [-0.15, -0.1) is 0 Å². The molecule has 2 aromatic rings. The molecule has 0 fully saturated rings. The van der Waals surface area contributed by atoms with Crippen LogP contribution in [0.4, 0.5) is 5.69 Å². The van der Waals surface area contributed by atoms with E-state index in [9.17, 15) is 0 Å². The Labute approximate surface area is 115 Å².